The van der Waals surface area contributed by atoms with E-state index in [-0.39, 0.29) is 11.7 Å². The van der Waals surface area contributed by atoms with Crippen LogP contribution in [0.15, 0.2) is 12.1 Å². The molecule has 5 nitrogen and oxygen atoms in total. The Morgan fingerprint density at radius 1 is 1.26 bits per heavy atom. The molecule has 0 radical (unpaired) electrons. The number of rotatable bonds is 2. The molecule has 0 unspecified atom stereocenters. The molecule has 0 saturated carbocycles. The number of nitrogens with zero attached hydrogens (tertiary/aromatic N) is 1. The number of phenolic OH excluding ortho intramolecular Hbond substituents is 1. The standard InChI is InChI=1S/C14H17N3O2/c1-7-5-6-11(8(2)13(7)18)15-14(19)12-9(3)16-17-10(12)4/h5-6,18H,1-4H3,(H,15,19)(H,16,17). The van der Waals surface area contributed by atoms with Gasteiger partial charge >= 0.3 is 0 Å². The number of aromatic hydroxyl groups is 1. The van der Waals surface area contributed by atoms with Gasteiger partial charge in [-0.2, -0.15) is 5.10 Å². The molecule has 0 aliphatic rings. The van der Waals surface area contributed by atoms with Gasteiger partial charge in [0.25, 0.3) is 5.91 Å². The van der Waals surface area contributed by atoms with E-state index in [2.05, 4.69) is 15.5 Å². The van der Waals surface area contributed by atoms with Gasteiger partial charge in [-0.25, -0.2) is 0 Å². The minimum Gasteiger partial charge on any atom is -0.507 e. The van der Waals surface area contributed by atoms with E-state index in [1.54, 1.807) is 32.9 Å². The van der Waals surface area contributed by atoms with Crippen LogP contribution in [0.4, 0.5) is 5.69 Å². The number of carbonyl (C=O) groups is 1. The topological polar surface area (TPSA) is 78.0 Å². The Bertz CT molecular complexity index is 625. The molecule has 3 N–H and O–H groups in total. The third-order valence-electron chi connectivity index (χ3n) is 3.24. The molecule has 0 aliphatic carbocycles. The largest absolute Gasteiger partial charge is 0.507 e. The summed E-state index contributed by atoms with van der Waals surface area (Å²) >= 11 is 0. The molecule has 1 aromatic heterocycles. The van der Waals surface area contributed by atoms with E-state index in [9.17, 15) is 9.90 Å². The monoisotopic (exact) mass is 259 g/mol. The Morgan fingerprint density at radius 3 is 2.53 bits per heavy atom. The van der Waals surface area contributed by atoms with Crippen LogP contribution in [0.1, 0.15) is 32.9 Å². The normalized spacial score (nSPS) is 10.5. The fourth-order valence-electron chi connectivity index (χ4n) is 2.04. The lowest BCUT2D eigenvalue weighted by Crippen LogP contribution is -2.14. The Balaban J connectivity index is 2.32. The number of hydrogen-bond acceptors (Lipinski definition) is 3. The molecule has 1 aromatic carbocycles. The summed E-state index contributed by atoms with van der Waals surface area (Å²) in [6, 6.07) is 3.56. The van der Waals surface area contributed by atoms with E-state index in [4.69, 9.17) is 0 Å². The number of H-pyrrole nitrogens is 1. The Labute approximate surface area is 111 Å². The molecule has 1 heterocycles. The molecule has 0 bridgehead atoms. The second kappa shape index (κ2) is 4.76. The molecular formula is C14H17N3O2. The summed E-state index contributed by atoms with van der Waals surface area (Å²) in [6.45, 7) is 7.16. The molecule has 0 aliphatic heterocycles. The minimum atomic E-state index is -0.227. The lowest BCUT2D eigenvalue weighted by Gasteiger charge is -2.11. The fraction of sp³-hybridized carbons (Fsp3) is 0.286. The molecule has 5 heteroatoms. The van der Waals surface area contributed by atoms with Crippen molar-refractivity contribution >= 4 is 11.6 Å². The zero-order chi connectivity index (χ0) is 14.2. The van der Waals surface area contributed by atoms with Crippen LogP contribution in [-0.4, -0.2) is 21.2 Å². The van der Waals surface area contributed by atoms with Crippen molar-refractivity contribution < 1.29 is 9.90 Å². The van der Waals surface area contributed by atoms with Gasteiger partial charge in [0.1, 0.15) is 5.75 Å². The average Bonchev–Trinajstić information content (AvgIpc) is 2.70. The summed E-state index contributed by atoms with van der Waals surface area (Å²) in [5.41, 5.74) is 3.97. The van der Waals surface area contributed by atoms with Gasteiger partial charge in [-0.15, -0.1) is 0 Å². The molecule has 2 rings (SSSR count). The summed E-state index contributed by atoms with van der Waals surface area (Å²) in [7, 11) is 0. The van der Waals surface area contributed by atoms with Crippen LogP contribution < -0.4 is 5.32 Å². The highest BCUT2D eigenvalue weighted by molar-refractivity contribution is 6.06. The maximum atomic E-state index is 12.2. The SMILES string of the molecule is Cc1ccc(NC(=O)c2c(C)n[nH]c2C)c(C)c1O. The first-order chi connectivity index (χ1) is 8.91. The zero-order valence-electron chi connectivity index (χ0n) is 11.5. The number of phenols is 1. The summed E-state index contributed by atoms with van der Waals surface area (Å²) in [5.74, 6) is -0.0199. The highest BCUT2D eigenvalue weighted by atomic mass is 16.3. The first-order valence-electron chi connectivity index (χ1n) is 6.04. The lowest BCUT2D eigenvalue weighted by atomic mass is 10.1. The molecule has 100 valence electrons. The van der Waals surface area contributed by atoms with Crippen molar-refractivity contribution in [3.05, 3.63) is 40.2 Å². The number of nitrogens with one attached hydrogen (secondary N) is 2. The number of amides is 1. The van der Waals surface area contributed by atoms with E-state index >= 15 is 0 Å². The predicted octanol–water partition coefficient (Wildman–Crippen LogP) is 2.60. The van der Waals surface area contributed by atoms with Crippen molar-refractivity contribution in [2.75, 3.05) is 5.32 Å². The summed E-state index contributed by atoms with van der Waals surface area (Å²) in [5, 5.41) is 19.4. The van der Waals surface area contributed by atoms with E-state index in [1.807, 2.05) is 6.92 Å². The van der Waals surface area contributed by atoms with Crippen LogP contribution in [0.25, 0.3) is 0 Å². The maximum Gasteiger partial charge on any atom is 0.259 e. The average molecular weight is 259 g/mol. The number of aromatic amines is 1. The van der Waals surface area contributed by atoms with Crippen LogP contribution in [0.5, 0.6) is 5.75 Å². The van der Waals surface area contributed by atoms with Crippen molar-refractivity contribution in [1.82, 2.24) is 10.2 Å². The first kappa shape index (κ1) is 13.1. The highest BCUT2D eigenvalue weighted by Gasteiger charge is 2.17. The Morgan fingerprint density at radius 2 is 1.95 bits per heavy atom. The van der Waals surface area contributed by atoms with Gasteiger partial charge in [-0.3, -0.25) is 9.89 Å². The van der Waals surface area contributed by atoms with Gasteiger partial charge in [-0.1, -0.05) is 6.07 Å². The zero-order valence-corrected chi connectivity index (χ0v) is 11.5. The van der Waals surface area contributed by atoms with Crippen LogP contribution in [0.3, 0.4) is 0 Å². The molecule has 0 fully saturated rings. The molecule has 1 amide bonds. The molecule has 0 spiro atoms. The number of aryl methyl sites for hydroxylation is 3. The van der Waals surface area contributed by atoms with E-state index in [1.165, 1.54) is 0 Å². The summed E-state index contributed by atoms with van der Waals surface area (Å²) < 4.78 is 0. The van der Waals surface area contributed by atoms with Crippen molar-refractivity contribution in [2.45, 2.75) is 27.7 Å². The fourth-order valence-corrected chi connectivity index (χ4v) is 2.04. The van der Waals surface area contributed by atoms with Gasteiger partial charge < -0.3 is 10.4 Å². The molecule has 2 aromatic rings. The highest BCUT2D eigenvalue weighted by Crippen LogP contribution is 2.28. The molecular weight excluding hydrogens is 242 g/mol. The van der Waals surface area contributed by atoms with Gasteiger partial charge in [0.15, 0.2) is 0 Å². The van der Waals surface area contributed by atoms with Crippen LogP contribution in [0, 0.1) is 27.7 Å². The van der Waals surface area contributed by atoms with Crippen LogP contribution in [0.2, 0.25) is 0 Å². The van der Waals surface area contributed by atoms with Gasteiger partial charge in [0, 0.05) is 16.9 Å². The van der Waals surface area contributed by atoms with Crippen molar-refractivity contribution in [3.63, 3.8) is 0 Å². The second-order valence-corrected chi connectivity index (χ2v) is 4.67. The van der Waals surface area contributed by atoms with Crippen molar-refractivity contribution in [2.24, 2.45) is 0 Å². The van der Waals surface area contributed by atoms with Crippen molar-refractivity contribution in [3.8, 4) is 5.75 Å². The molecule has 0 saturated heterocycles. The molecule has 19 heavy (non-hydrogen) atoms. The number of carbonyl (C=O) groups excluding carboxylic acids is 1. The van der Waals surface area contributed by atoms with E-state index in [0.717, 1.165) is 11.3 Å². The van der Waals surface area contributed by atoms with E-state index < -0.39 is 0 Å². The number of hydrogen-bond donors (Lipinski definition) is 3. The summed E-state index contributed by atoms with van der Waals surface area (Å²) in [6.07, 6.45) is 0. The first-order valence-corrected chi connectivity index (χ1v) is 6.04. The number of benzene rings is 1. The van der Waals surface area contributed by atoms with Crippen molar-refractivity contribution in [1.29, 1.82) is 0 Å². The second-order valence-electron chi connectivity index (χ2n) is 4.67. The van der Waals surface area contributed by atoms with Crippen LogP contribution >= 0.6 is 0 Å². The van der Waals surface area contributed by atoms with Gasteiger partial charge in [-0.05, 0) is 39.3 Å². The Kier molecular flexibility index (Phi) is 3.29. The third-order valence-corrected chi connectivity index (χ3v) is 3.24. The van der Waals surface area contributed by atoms with E-state index in [0.29, 0.717) is 22.5 Å². The Hall–Kier alpha value is -2.30. The minimum absolute atomic E-state index is 0.207. The summed E-state index contributed by atoms with van der Waals surface area (Å²) in [4.78, 5) is 12.2. The lowest BCUT2D eigenvalue weighted by molar-refractivity contribution is 0.102. The van der Waals surface area contributed by atoms with Gasteiger partial charge in [0.2, 0.25) is 0 Å². The molecule has 0 atom stereocenters. The van der Waals surface area contributed by atoms with Crippen LogP contribution in [-0.2, 0) is 0 Å². The maximum absolute atomic E-state index is 12.2. The third kappa shape index (κ3) is 2.31. The predicted molar refractivity (Wildman–Crippen MR) is 73.6 cm³/mol. The smallest absolute Gasteiger partial charge is 0.259 e. The number of aromatic nitrogens is 2. The number of anilines is 1. The van der Waals surface area contributed by atoms with Gasteiger partial charge in [0.05, 0.1) is 11.3 Å². The quantitative estimate of drug-likeness (QED) is 0.775.